The van der Waals surface area contributed by atoms with Crippen LogP contribution in [0.25, 0.3) is 11.3 Å². The van der Waals surface area contributed by atoms with Crippen LogP contribution in [0.4, 0.5) is 5.00 Å². The number of hydrogen-bond donors (Lipinski definition) is 1. The van der Waals surface area contributed by atoms with Gasteiger partial charge in [0.25, 0.3) is 5.89 Å². The van der Waals surface area contributed by atoms with Crippen LogP contribution in [0, 0.1) is 6.92 Å². The second-order valence-corrected chi connectivity index (χ2v) is 4.99. The molecule has 0 radical (unpaired) electrons. The average Bonchev–Trinajstić information content (AvgIpc) is 3.09. The molecule has 0 bridgehead atoms. The molecule has 20 heavy (non-hydrogen) atoms. The van der Waals surface area contributed by atoms with Gasteiger partial charge >= 0.3 is 5.91 Å². The molecular formula is C14H11N3O2S. The Balaban J connectivity index is 1.78. The highest BCUT2D eigenvalue weighted by Crippen LogP contribution is 2.21. The first-order valence-corrected chi connectivity index (χ1v) is 6.75. The van der Waals surface area contributed by atoms with Crippen molar-refractivity contribution in [2.75, 3.05) is 5.32 Å². The number of aromatic nitrogens is 2. The molecule has 0 saturated heterocycles. The molecule has 1 N–H and O–H groups in total. The van der Waals surface area contributed by atoms with Crippen LogP contribution in [-0.4, -0.2) is 15.3 Å². The Labute approximate surface area is 119 Å². The van der Waals surface area contributed by atoms with E-state index in [1.165, 1.54) is 11.5 Å². The molecule has 0 spiro atoms. The highest BCUT2D eigenvalue weighted by atomic mass is 32.1. The standard InChI is InChI=1S/C14H11N3O2S/c1-9-7-12(20-17-9)16-13(18)14-15-8-11(19-14)10-5-3-2-4-6-10/h2-8H,1H3,(H,16,18). The zero-order valence-corrected chi connectivity index (χ0v) is 11.5. The van der Waals surface area contributed by atoms with Gasteiger partial charge in [-0.1, -0.05) is 30.3 Å². The summed E-state index contributed by atoms with van der Waals surface area (Å²) < 4.78 is 9.56. The van der Waals surface area contributed by atoms with Crippen LogP contribution < -0.4 is 5.32 Å². The predicted octanol–water partition coefficient (Wildman–Crippen LogP) is 3.36. The van der Waals surface area contributed by atoms with Crippen molar-refractivity contribution >= 4 is 22.4 Å². The van der Waals surface area contributed by atoms with Crippen molar-refractivity contribution in [3.63, 3.8) is 0 Å². The number of oxazole rings is 1. The molecule has 2 aromatic heterocycles. The third-order valence-electron chi connectivity index (χ3n) is 2.62. The van der Waals surface area contributed by atoms with E-state index in [4.69, 9.17) is 4.42 Å². The Morgan fingerprint density at radius 2 is 2.10 bits per heavy atom. The second-order valence-electron chi connectivity index (χ2n) is 4.18. The number of amides is 1. The number of benzene rings is 1. The van der Waals surface area contributed by atoms with Crippen LogP contribution in [0.3, 0.4) is 0 Å². The summed E-state index contributed by atoms with van der Waals surface area (Å²) in [6.07, 6.45) is 1.54. The number of aryl methyl sites for hydroxylation is 1. The minimum absolute atomic E-state index is 0.0370. The fourth-order valence-electron chi connectivity index (χ4n) is 1.70. The van der Waals surface area contributed by atoms with Crippen LogP contribution in [0.1, 0.15) is 16.4 Å². The van der Waals surface area contributed by atoms with Gasteiger partial charge in [0, 0.05) is 5.56 Å². The van der Waals surface area contributed by atoms with Gasteiger partial charge in [0.05, 0.1) is 11.9 Å². The minimum Gasteiger partial charge on any atom is -0.432 e. The first-order valence-electron chi connectivity index (χ1n) is 5.98. The van der Waals surface area contributed by atoms with Crippen molar-refractivity contribution in [3.05, 3.63) is 54.2 Å². The summed E-state index contributed by atoms with van der Waals surface area (Å²) in [7, 11) is 0. The molecule has 1 amide bonds. The fourth-order valence-corrected chi connectivity index (χ4v) is 2.36. The molecule has 6 heteroatoms. The highest BCUT2D eigenvalue weighted by Gasteiger charge is 2.15. The first kappa shape index (κ1) is 12.6. The van der Waals surface area contributed by atoms with E-state index in [0.717, 1.165) is 11.3 Å². The molecule has 1 aromatic carbocycles. The van der Waals surface area contributed by atoms with Crippen molar-refractivity contribution in [1.29, 1.82) is 0 Å². The Bertz CT molecular complexity index is 734. The predicted molar refractivity (Wildman–Crippen MR) is 76.7 cm³/mol. The van der Waals surface area contributed by atoms with Gasteiger partial charge in [0.1, 0.15) is 5.00 Å². The molecule has 100 valence electrons. The van der Waals surface area contributed by atoms with E-state index in [1.54, 1.807) is 12.3 Å². The van der Waals surface area contributed by atoms with E-state index in [1.807, 2.05) is 37.3 Å². The Morgan fingerprint density at radius 3 is 2.80 bits per heavy atom. The van der Waals surface area contributed by atoms with E-state index < -0.39 is 0 Å². The summed E-state index contributed by atoms with van der Waals surface area (Å²) >= 11 is 1.22. The zero-order chi connectivity index (χ0) is 13.9. The largest absolute Gasteiger partial charge is 0.432 e. The summed E-state index contributed by atoms with van der Waals surface area (Å²) in [5.41, 5.74) is 1.75. The first-order chi connectivity index (χ1) is 9.72. The lowest BCUT2D eigenvalue weighted by Gasteiger charge is -1.97. The van der Waals surface area contributed by atoms with Gasteiger partial charge in [-0.05, 0) is 24.5 Å². The normalized spacial score (nSPS) is 10.4. The van der Waals surface area contributed by atoms with Crippen molar-refractivity contribution < 1.29 is 9.21 Å². The lowest BCUT2D eigenvalue weighted by Crippen LogP contribution is -2.10. The van der Waals surface area contributed by atoms with Crippen LogP contribution in [-0.2, 0) is 0 Å². The SMILES string of the molecule is Cc1cc(NC(=O)c2ncc(-c3ccccc3)o2)sn1. The molecule has 0 fully saturated rings. The van der Waals surface area contributed by atoms with Crippen molar-refractivity contribution in [1.82, 2.24) is 9.36 Å². The number of carbonyl (C=O) groups is 1. The summed E-state index contributed by atoms with van der Waals surface area (Å²) in [5, 5.41) is 3.38. The number of nitrogens with zero attached hydrogens (tertiary/aromatic N) is 2. The van der Waals surface area contributed by atoms with Crippen LogP contribution in [0.5, 0.6) is 0 Å². The van der Waals surface area contributed by atoms with Crippen LogP contribution in [0.15, 0.2) is 47.0 Å². The number of carbonyl (C=O) groups excluding carboxylic acids is 1. The van der Waals surface area contributed by atoms with Gasteiger partial charge in [-0.2, -0.15) is 4.37 Å². The fraction of sp³-hybridized carbons (Fsp3) is 0.0714. The zero-order valence-electron chi connectivity index (χ0n) is 10.7. The molecule has 0 aliphatic heterocycles. The van der Waals surface area contributed by atoms with E-state index in [9.17, 15) is 4.79 Å². The van der Waals surface area contributed by atoms with E-state index in [0.29, 0.717) is 10.8 Å². The average molecular weight is 285 g/mol. The third kappa shape index (κ3) is 2.60. The number of nitrogens with one attached hydrogen (secondary N) is 1. The molecule has 0 atom stereocenters. The third-order valence-corrected chi connectivity index (χ3v) is 3.42. The van der Waals surface area contributed by atoms with Crippen LogP contribution in [0.2, 0.25) is 0 Å². The maximum absolute atomic E-state index is 12.0. The highest BCUT2D eigenvalue weighted by molar-refractivity contribution is 7.10. The molecular weight excluding hydrogens is 274 g/mol. The Morgan fingerprint density at radius 1 is 1.30 bits per heavy atom. The van der Waals surface area contributed by atoms with E-state index >= 15 is 0 Å². The summed E-state index contributed by atoms with van der Waals surface area (Å²) in [4.78, 5) is 16.0. The quantitative estimate of drug-likeness (QED) is 0.801. The van der Waals surface area contributed by atoms with Crippen LogP contribution >= 0.6 is 11.5 Å². The Kier molecular flexibility index (Phi) is 3.30. The maximum Gasteiger partial charge on any atom is 0.312 e. The summed E-state index contributed by atoms with van der Waals surface area (Å²) in [6, 6.07) is 11.3. The monoisotopic (exact) mass is 285 g/mol. The summed E-state index contributed by atoms with van der Waals surface area (Å²) in [5.74, 6) is 0.224. The van der Waals surface area contributed by atoms with Crippen molar-refractivity contribution in [2.45, 2.75) is 6.92 Å². The number of hydrogen-bond acceptors (Lipinski definition) is 5. The van der Waals surface area contributed by atoms with Gasteiger partial charge in [0.15, 0.2) is 5.76 Å². The second kappa shape index (κ2) is 5.26. The molecule has 5 nitrogen and oxygen atoms in total. The number of anilines is 1. The minimum atomic E-state index is -0.379. The number of rotatable bonds is 3. The smallest absolute Gasteiger partial charge is 0.312 e. The van der Waals surface area contributed by atoms with Crippen molar-refractivity contribution in [2.24, 2.45) is 0 Å². The molecule has 0 saturated carbocycles. The van der Waals surface area contributed by atoms with Gasteiger partial charge < -0.3 is 9.73 Å². The maximum atomic E-state index is 12.0. The molecule has 3 aromatic rings. The lowest BCUT2D eigenvalue weighted by atomic mass is 10.2. The molecule has 0 unspecified atom stereocenters. The topological polar surface area (TPSA) is 68.0 Å². The van der Waals surface area contributed by atoms with E-state index in [-0.39, 0.29) is 11.8 Å². The molecule has 0 aliphatic rings. The lowest BCUT2D eigenvalue weighted by molar-refractivity contribution is 0.0991. The van der Waals surface area contributed by atoms with Crippen molar-refractivity contribution in [3.8, 4) is 11.3 Å². The Hall–Kier alpha value is -2.47. The van der Waals surface area contributed by atoms with Gasteiger partial charge in [0.2, 0.25) is 0 Å². The molecule has 0 aliphatic carbocycles. The van der Waals surface area contributed by atoms with E-state index in [2.05, 4.69) is 14.7 Å². The van der Waals surface area contributed by atoms with Gasteiger partial charge in [-0.25, -0.2) is 4.98 Å². The van der Waals surface area contributed by atoms with Gasteiger partial charge in [-0.15, -0.1) is 0 Å². The molecule has 2 heterocycles. The summed E-state index contributed by atoms with van der Waals surface area (Å²) in [6.45, 7) is 1.87. The molecule has 3 rings (SSSR count). The van der Waals surface area contributed by atoms with Gasteiger partial charge in [-0.3, -0.25) is 4.79 Å².